The van der Waals surface area contributed by atoms with Crippen LogP contribution in [-0.2, 0) is 18.8 Å². The van der Waals surface area contributed by atoms with Crippen molar-refractivity contribution in [3.63, 3.8) is 0 Å². The molecule has 160 valence electrons. The van der Waals surface area contributed by atoms with Gasteiger partial charge in [0.05, 0.1) is 12.9 Å². The van der Waals surface area contributed by atoms with Crippen LogP contribution in [0, 0.1) is 3.83 Å². The fraction of sp³-hybridized carbons (Fsp3) is 0.500. The van der Waals surface area contributed by atoms with Crippen LogP contribution in [0.5, 0.6) is 0 Å². The second-order valence-corrected chi connectivity index (χ2v) is 8.55. The van der Waals surface area contributed by atoms with Gasteiger partial charge in [-0.05, 0) is 0 Å². The highest BCUT2D eigenvalue weighted by atomic mass is 127. The van der Waals surface area contributed by atoms with Crippen molar-refractivity contribution in [2.45, 2.75) is 30.4 Å². The minimum Gasteiger partial charge on any atom is -0.479 e. The smallest absolute Gasteiger partial charge is 0.365 e. The first-order chi connectivity index (χ1) is 13.5. The lowest BCUT2D eigenvalue weighted by atomic mass is 10.1. The van der Waals surface area contributed by atoms with Gasteiger partial charge in [-0.2, -0.15) is 0 Å². The lowest BCUT2D eigenvalue weighted by Crippen LogP contribution is -2.36. The number of aliphatic hydroxyl groups excluding tert-OH is 2. The number of hydrogen-bond acceptors (Lipinski definition) is 11. The Labute approximate surface area is 174 Å². The normalized spacial score (nSPS) is 26.0. The summed E-state index contributed by atoms with van der Waals surface area (Å²) in [5.74, 6) is -4.34. The number of carboxylic acids is 1. The number of imidazole rings is 1. The molecular weight excluding hydrogens is 532 g/mol. The molecule has 2 aromatic heterocycles. The number of aromatic nitrogens is 4. The Bertz CT molecular complexity index is 968. The number of fused-ring (bicyclic) bond motifs is 1. The number of halogens is 1. The number of nitrogens with zero attached hydrogens (tertiary/aromatic N) is 4. The lowest BCUT2D eigenvalue weighted by Gasteiger charge is -2.19. The van der Waals surface area contributed by atoms with Crippen LogP contribution in [0.25, 0.3) is 11.2 Å². The van der Waals surface area contributed by atoms with E-state index in [9.17, 15) is 19.6 Å². The van der Waals surface area contributed by atoms with Gasteiger partial charge in [0.15, 0.2) is 27.0 Å². The van der Waals surface area contributed by atoms with Gasteiger partial charge in [-0.25, -0.2) is 19.7 Å². The summed E-state index contributed by atoms with van der Waals surface area (Å²) in [7, 11) is -5.12. The van der Waals surface area contributed by atoms with Crippen molar-refractivity contribution < 1.29 is 49.1 Å². The Hall–Kier alpha value is -1.50. The molecule has 2 aromatic rings. The summed E-state index contributed by atoms with van der Waals surface area (Å²) in [5.41, 5.74) is 2.16. The van der Waals surface area contributed by atoms with Gasteiger partial charge < -0.3 is 34.6 Å². The molecule has 1 saturated heterocycles. The largest absolute Gasteiger partial charge is 0.479 e. The predicted octanol–water partition coefficient (Wildman–Crippen LogP) is -1.54. The van der Waals surface area contributed by atoms with Crippen LogP contribution in [0.2, 0.25) is 0 Å². The summed E-state index contributed by atoms with van der Waals surface area (Å²) < 4.78 is 22.9. The molecule has 0 spiro atoms. The summed E-state index contributed by atoms with van der Waals surface area (Å²) in [5, 5.41) is 38.6. The van der Waals surface area contributed by atoms with E-state index in [0.717, 1.165) is 0 Å². The summed E-state index contributed by atoms with van der Waals surface area (Å²) in [6.07, 6.45) is -4.43. The second-order valence-electron chi connectivity index (χ2n) is 5.94. The fourth-order valence-electron chi connectivity index (χ4n) is 2.75. The van der Waals surface area contributed by atoms with E-state index in [4.69, 9.17) is 29.6 Å². The lowest BCUT2D eigenvalue weighted by molar-refractivity contribution is -0.149. The number of aliphatic carboxylic acids is 1. The van der Waals surface area contributed by atoms with Gasteiger partial charge in [-0.15, -0.1) is 0 Å². The molecule has 0 bridgehead atoms. The summed E-state index contributed by atoms with van der Waals surface area (Å²) in [4.78, 5) is 41.1. The number of rotatable bonds is 7. The zero-order valence-electron chi connectivity index (χ0n) is 14.1. The molecule has 1 aliphatic heterocycles. The Morgan fingerprint density at radius 2 is 2.07 bits per heavy atom. The summed E-state index contributed by atoms with van der Waals surface area (Å²) in [6, 6.07) is 0. The van der Waals surface area contributed by atoms with E-state index in [1.807, 2.05) is 5.48 Å². The first-order valence-electron chi connectivity index (χ1n) is 7.76. The molecule has 3 rings (SSSR count). The van der Waals surface area contributed by atoms with Crippen LogP contribution in [-0.4, -0.2) is 86.6 Å². The number of carboxylic acid groups (broad SMARTS) is 1. The van der Waals surface area contributed by atoms with E-state index in [1.165, 1.54) is 10.9 Å². The van der Waals surface area contributed by atoms with Crippen molar-refractivity contribution in [2.24, 2.45) is 0 Å². The molecule has 0 radical (unpaired) electrons. The molecule has 3 heterocycles. The molecule has 0 aromatic carbocycles. The maximum Gasteiger partial charge on any atom is 0.365 e. The highest BCUT2D eigenvalue weighted by Gasteiger charge is 2.46. The topological polar surface area (TPSA) is 230 Å². The highest BCUT2D eigenvalue weighted by molar-refractivity contribution is 14.1. The van der Waals surface area contributed by atoms with Crippen molar-refractivity contribution in [1.82, 2.24) is 19.5 Å². The molecule has 5 atom stereocenters. The quantitative estimate of drug-likeness (QED) is 0.0902. The molecule has 0 amide bonds. The number of hydrogen-bond donors (Lipinski definition) is 7. The molecule has 7 N–H and O–H groups in total. The van der Waals surface area contributed by atoms with E-state index in [1.54, 1.807) is 22.6 Å². The Kier molecular flexibility index (Phi) is 6.37. The van der Waals surface area contributed by atoms with Crippen molar-refractivity contribution in [3.05, 3.63) is 10.2 Å². The maximum atomic E-state index is 11.2. The zero-order chi connectivity index (χ0) is 21.5. The third-order valence-corrected chi connectivity index (χ3v) is 5.51. The van der Waals surface area contributed by atoms with Gasteiger partial charge >= 0.3 is 13.6 Å². The molecule has 29 heavy (non-hydrogen) atoms. The number of carbonyl (C=O) groups is 1. The van der Waals surface area contributed by atoms with E-state index >= 15 is 0 Å². The monoisotopic (exact) mass is 547 g/mol. The van der Waals surface area contributed by atoms with E-state index in [-0.39, 0.29) is 20.8 Å². The summed E-state index contributed by atoms with van der Waals surface area (Å²) >= 11 is 1.79. The number of aliphatic hydroxyl groups is 2. The number of nitrogens with one attached hydrogen (secondary N) is 1. The van der Waals surface area contributed by atoms with Gasteiger partial charge in [-0.1, -0.05) is 0 Å². The van der Waals surface area contributed by atoms with Gasteiger partial charge in [0.25, 0.3) is 5.85 Å². The van der Waals surface area contributed by atoms with Crippen molar-refractivity contribution in [3.8, 4) is 0 Å². The molecule has 1 aliphatic rings. The summed E-state index contributed by atoms with van der Waals surface area (Å²) in [6.45, 7) is -0.723. The van der Waals surface area contributed by atoms with Crippen LogP contribution in [0.15, 0.2) is 6.33 Å². The van der Waals surface area contributed by atoms with Gasteiger partial charge in [0.1, 0.15) is 18.3 Å². The van der Waals surface area contributed by atoms with Crippen molar-refractivity contribution >= 4 is 53.1 Å². The average molecular weight is 547 g/mol. The third-order valence-electron chi connectivity index (χ3n) is 4.05. The van der Waals surface area contributed by atoms with E-state index < -0.39 is 50.6 Å². The van der Waals surface area contributed by atoms with E-state index in [2.05, 4.69) is 15.0 Å². The van der Waals surface area contributed by atoms with Gasteiger partial charge in [-0.3, -0.25) is 19.8 Å². The minimum absolute atomic E-state index is 0.00277. The SMILES string of the molecule is O=C(O)C(OC[C@H]1O[C@@H](n2cnc3c(NO)nc(I)nc32)[C@H](O)[C@@H]1O)P(=O)(O)O. The number of ether oxygens (including phenoxy) is 2. The first-order valence-corrected chi connectivity index (χ1v) is 10.5. The van der Waals surface area contributed by atoms with Crippen LogP contribution < -0.4 is 5.48 Å². The average Bonchev–Trinajstić information content (AvgIpc) is 3.15. The first kappa shape index (κ1) is 22.2. The van der Waals surface area contributed by atoms with Crippen LogP contribution in [0.1, 0.15) is 6.23 Å². The molecule has 17 heteroatoms. The standard InChI is InChI=1S/C12H15IN5O10P/c13-12-15-7(17-23)4-8(16-12)18(2-14-4)9-6(20)5(19)3(28-9)1-27-11(10(21)22)29(24,25)26/h2-3,5-6,9,11,19-20,23H,1H2,(H,21,22)(H,15,16,17)(H2,24,25,26)/t3-,5-,6-,9-,11?/m1/s1. The second kappa shape index (κ2) is 8.32. The molecular formula is C12H15IN5O10P. The molecule has 1 unspecified atom stereocenters. The highest BCUT2D eigenvalue weighted by Crippen LogP contribution is 2.42. The third kappa shape index (κ3) is 4.35. The van der Waals surface area contributed by atoms with Crippen LogP contribution in [0.4, 0.5) is 5.82 Å². The minimum atomic E-state index is -5.12. The molecule has 0 saturated carbocycles. The zero-order valence-corrected chi connectivity index (χ0v) is 17.2. The molecule has 0 aliphatic carbocycles. The van der Waals surface area contributed by atoms with Crippen LogP contribution >= 0.6 is 30.2 Å². The van der Waals surface area contributed by atoms with E-state index in [0.29, 0.717) is 0 Å². The predicted molar refractivity (Wildman–Crippen MR) is 98.8 cm³/mol. The number of anilines is 1. The van der Waals surface area contributed by atoms with Gasteiger partial charge in [0, 0.05) is 22.6 Å². The van der Waals surface area contributed by atoms with Crippen LogP contribution in [0.3, 0.4) is 0 Å². The molecule has 15 nitrogen and oxygen atoms in total. The Balaban J connectivity index is 1.83. The fourth-order valence-corrected chi connectivity index (χ4v) is 3.79. The van der Waals surface area contributed by atoms with Crippen molar-refractivity contribution in [1.29, 1.82) is 0 Å². The Morgan fingerprint density at radius 1 is 1.38 bits per heavy atom. The molecule has 1 fully saturated rings. The Morgan fingerprint density at radius 3 is 2.66 bits per heavy atom. The van der Waals surface area contributed by atoms with Gasteiger partial charge in [0.2, 0.25) is 0 Å². The maximum absolute atomic E-state index is 11.2. The van der Waals surface area contributed by atoms with Crippen molar-refractivity contribution in [2.75, 3.05) is 12.1 Å².